The van der Waals surface area contributed by atoms with Crippen molar-refractivity contribution in [2.45, 2.75) is 38.6 Å². The molecule has 0 amide bonds. The molecule has 1 aliphatic heterocycles. The molecule has 2 atom stereocenters. The molecule has 0 radical (unpaired) electrons. The van der Waals surface area contributed by atoms with Gasteiger partial charge < -0.3 is 9.64 Å². The molecule has 2 heterocycles. The van der Waals surface area contributed by atoms with E-state index in [0.29, 0.717) is 12.0 Å². The van der Waals surface area contributed by atoms with E-state index < -0.39 is 0 Å². The van der Waals surface area contributed by atoms with Crippen LogP contribution in [-0.4, -0.2) is 37.2 Å². The van der Waals surface area contributed by atoms with Crippen LogP contribution in [0, 0.1) is 0 Å². The highest BCUT2D eigenvalue weighted by Crippen LogP contribution is 2.31. The van der Waals surface area contributed by atoms with E-state index in [2.05, 4.69) is 45.0 Å². The van der Waals surface area contributed by atoms with Crippen molar-refractivity contribution in [1.29, 1.82) is 0 Å². The quantitative estimate of drug-likeness (QED) is 0.819. The van der Waals surface area contributed by atoms with Gasteiger partial charge in [0.1, 0.15) is 0 Å². The van der Waals surface area contributed by atoms with Crippen LogP contribution in [0.2, 0.25) is 0 Å². The second kappa shape index (κ2) is 5.81. The van der Waals surface area contributed by atoms with E-state index in [4.69, 9.17) is 9.72 Å². The summed E-state index contributed by atoms with van der Waals surface area (Å²) < 4.78 is 5.52. The van der Waals surface area contributed by atoms with Gasteiger partial charge in [-0.1, -0.05) is 13.0 Å². The number of aryl methyl sites for hydroxylation is 1. The van der Waals surface area contributed by atoms with Gasteiger partial charge in [0.2, 0.25) is 0 Å². The van der Waals surface area contributed by atoms with Gasteiger partial charge in [-0.15, -0.1) is 0 Å². The molecule has 0 bridgehead atoms. The predicted octanol–water partition coefficient (Wildman–Crippen LogP) is 2.77. The Balaban J connectivity index is 2.37. The van der Waals surface area contributed by atoms with Crippen LogP contribution in [0.1, 0.15) is 49.2 Å². The molecule has 0 aliphatic carbocycles. The Kier molecular flexibility index (Phi) is 4.36. The lowest BCUT2D eigenvalue weighted by Gasteiger charge is -2.24. The third-order valence-electron chi connectivity index (χ3n) is 3.92. The van der Waals surface area contributed by atoms with Gasteiger partial charge in [0.15, 0.2) is 0 Å². The average Bonchev–Trinajstić information content (AvgIpc) is 2.90. The fourth-order valence-electron chi connectivity index (χ4n) is 2.43. The molecule has 2 rings (SSSR count). The maximum Gasteiger partial charge on any atom is 0.0611 e. The maximum absolute atomic E-state index is 5.52. The molecule has 0 aromatic carbocycles. The predicted molar refractivity (Wildman–Crippen MR) is 73.9 cm³/mol. The van der Waals surface area contributed by atoms with Crippen LogP contribution in [0.25, 0.3) is 0 Å². The van der Waals surface area contributed by atoms with Crippen LogP contribution in [0.4, 0.5) is 0 Å². The second-order valence-electron chi connectivity index (χ2n) is 5.33. The Bertz CT molecular complexity index is 397. The molecule has 1 aromatic rings. The Hall–Kier alpha value is -0.930. The van der Waals surface area contributed by atoms with Crippen LogP contribution >= 0.6 is 0 Å². The van der Waals surface area contributed by atoms with Crippen LogP contribution in [0.3, 0.4) is 0 Å². The van der Waals surface area contributed by atoms with Crippen LogP contribution < -0.4 is 0 Å². The third kappa shape index (κ3) is 2.73. The number of ether oxygens (including phenoxy) is 1. The van der Waals surface area contributed by atoms with Crippen molar-refractivity contribution >= 4 is 0 Å². The standard InChI is InChI=1S/C15H24N2O/c1-5-13-6-7-14(12-8-9-18-10-12)15(16-13)11(2)17(3)4/h6-7,11-12H,5,8-10H2,1-4H3. The summed E-state index contributed by atoms with van der Waals surface area (Å²) in [5.74, 6) is 0.529. The van der Waals surface area contributed by atoms with Crippen molar-refractivity contribution in [1.82, 2.24) is 9.88 Å². The molecular weight excluding hydrogens is 224 g/mol. The Morgan fingerprint density at radius 3 is 2.78 bits per heavy atom. The lowest BCUT2D eigenvalue weighted by molar-refractivity contribution is 0.193. The molecular formula is C15H24N2O. The molecule has 2 unspecified atom stereocenters. The largest absolute Gasteiger partial charge is 0.381 e. The van der Waals surface area contributed by atoms with E-state index in [1.165, 1.54) is 17.0 Å². The molecule has 1 fully saturated rings. The summed E-state index contributed by atoms with van der Waals surface area (Å²) in [6, 6.07) is 4.78. The fraction of sp³-hybridized carbons (Fsp3) is 0.667. The van der Waals surface area contributed by atoms with Crippen molar-refractivity contribution in [2.24, 2.45) is 0 Å². The van der Waals surface area contributed by atoms with E-state index in [0.717, 1.165) is 26.1 Å². The summed E-state index contributed by atoms with van der Waals surface area (Å²) in [7, 11) is 4.22. The monoisotopic (exact) mass is 248 g/mol. The van der Waals surface area contributed by atoms with Crippen molar-refractivity contribution in [3.05, 3.63) is 29.1 Å². The Morgan fingerprint density at radius 1 is 1.44 bits per heavy atom. The zero-order chi connectivity index (χ0) is 13.1. The van der Waals surface area contributed by atoms with Gasteiger partial charge in [-0.2, -0.15) is 0 Å². The Labute approximate surface area is 110 Å². The molecule has 1 aromatic heterocycles. The van der Waals surface area contributed by atoms with Crippen molar-refractivity contribution in [2.75, 3.05) is 27.3 Å². The Morgan fingerprint density at radius 2 is 2.22 bits per heavy atom. The van der Waals surface area contributed by atoms with Crippen molar-refractivity contribution in [3.63, 3.8) is 0 Å². The van der Waals surface area contributed by atoms with E-state index in [9.17, 15) is 0 Å². The van der Waals surface area contributed by atoms with Gasteiger partial charge in [-0.3, -0.25) is 4.98 Å². The topological polar surface area (TPSA) is 25.4 Å². The number of pyridine rings is 1. The molecule has 3 nitrogen and oxygen atoms in total. The summed E-state index contributed by atoms with van der Waals surface area (Å²) in [6.45, 7) is 6.11. The van der Waals surface area contributed by atoms with Gasteiger partial charge in [0.05, 0.1) is 12.3 Å². The van der Waals surface area contributed by atoms with Crippen LogP contribution in [-0.2, 0) is 11.2 Å². The summed E-state index contributed by atoms with van der Waals surface area (Å²) in [5.41, 5.74) is 3.79. The first-order chi connectivity index (χ1) is 8.63. The van der Waals surface area contributed by atoms with Gasteiger partial charge in [-0.05, 0) is 45.5 Å². The van der Waals surface area contributed by atoms with Crippen LogP contribution in [0.15, 0.2) is 12.1 Å². The molecule has 100 valence electrons. The van der Waals surface area contributed by atoms with E-state index >= 15 is 0 Å². The normalized spacial score (nSPS) is 21.5. The maximum atomic E-state index is 5.52. The number of rotatable bonds is 4. The highest BCUT2D eigenvalue weighted by Gasteiger charge is 2.24. The molecule has 1 aliphatic rings. The fourth-order valence-corrected chi connectivity index (χ4v) is 2.43. The SMILES string of the molecule is CCc1ccc(C2CCOC2)c(C(C)N(C)C)n1. The van der Waals surface area contributed by atoms with Crippen molar-refractivity contribution < 1.29 is 4.74 Å². The summed E-state index contributed by atoms with van der Waals surface area (Å²) in [4.78, 5) is 7.08. The molecule has 0 saturated carbocycles. The minimum atomic E-state index is 0.354. The number of hydrogen-bond acceptors (Lipinski definition) is 3. The van der Waals surface area contributed by atoms with Gasteiger partial charge in [0, 0.05) is 24.3 Å². The molecule has 1 saturated heterocycles. The lowest BCUT2D eigenvalue weighted by atomic mass is 9.93. The van der Waals surface area contributed by atoms with E-state index in [1.807, 2.05) is 0 Å². The minimum Gasteiger partial charge on any atom is -0.381 e. The van der Waals surface area contributed by atoms with E-state index in [-0.39, 0.29) is 0 Å². The summed E-state index contributed by atoms with van der Waals surface area (Å²) in [6.07, 6.45) is 2.12. The minimum absolute atomic E-state index is 0.354. The van der Waals surface area contributed by atoms with Gasteiger partial charge >= 0.3 is 0 Å². The third-order valence-corrected chi connectivity index (χ3v) is 3.92. The zero-order valence-corrected chi connectivity index (χ0v) is 11.9. The first kappa shape index (κ1) is 13.5. The molecule has 18 heavy (non-hydrogen) atoms. The average molecular weight is 248 g/mol. The first-order valence-corrected chi connectivity index (χ1v) is 6.87. The first-order valence-electron chi connectivity index (χ1n) is 6.87. The summed E-state index contributed by atoms with van der Waals surface area (Å²) in [5, 5.41) is 0. The van der Waals surface area contributed by atoms with Gasteiger partial charge in [0.25, 0.3) is 0 Å². The van der Waals surface area contributed by atoms with Gasteiger partial charge in [-0.25, -0.2) is 0 Å². The highest BCUT2D eigenvalue weighted by molar-refractivity contribution is 5.30. The van der Waals surface area contributed by atoms with Crippen molar-refractivity contribution in [3.8, 4) is 0 Å². The van der Waals surface area contributed by atoms with Crippen LogP contribution in [0.5, 0.6) is 0 Å². The number of nitrogens with zero attached hydrogens (tertiary/aromatic N) is 2. The molecule has 0 spiro atoms. The highest BCUT2D eigenvalue weighted by atomic mass is 16.5. The number of hydrogen-bond donors (Lipinski definition) is 0. The zero-order valence-electron chi connectivity index (χ0n) is 11.9. The lowest BCUT2D eigenvalue weighted by Crippen LogP contribution is -2.21. The molecule has 3 heteroatoms. The second-order valence-corrected chi connectivity index (χ2v) is 5.33. The smallest absolute Gasteiger partial charge is 0.0611 e. The number of aromatic nitrogens is 1. The molecule has 0 N–H and O–H groups in total. The van der Waals surface area contributed by atoms with E-state index in [1.54, 1.807) is 0 Å². The summed E-state index contributed by atoms with van der Waals surface area (Å²) >= 11 is 0.